The van der Waals surface area contributed by atoms with E-state index >= 15 is 0 Å². The number of alkyl halides is 3. The minimum atomic E-state index is -4.39. The van der Waals surface area contributed by atoms with Crippen LogP contribution in [-0.2, 0) is 9.53 Å². The second-order valence-corrected chi connectivity index (χ2v) is 3.58. The third-order valence-electron chi connectivity index (χ3n) is 1.68. The Morgan fingerprint density at radius 2 is 1.93 bits per heavy atom. The molecule has 0 aliphatic heterocycles. The fraction of sp³-hybridized carbons (Fsp3) is 0.889. The highest BCUT2D eigenvalue weighted by atomic mass is 19.4. The average Bonchev–Trinajstić information content (AvgIpc) is 2.00. The molecule has 0 heterocycles. The molecular formula is C9H16F3NO2. The van der Waals surface area contributed by atoms with Gasteiger partial charge in [0.1, 0.15) is 6.04 Å². The normalized spacial score (nSPS) is 14.1. The number of hydrogen-bond acceptors (Lipinski definition) is 3. The SMILES string of the molecule is CC(C)OC(=O)CCC[C@H](N)C(F)(F)F. The van der Waals surface area contributed by atoms with E-state index in [4.69, 9.17) is 10.5 Å². The minimum Gasteiger partial charge on any atom is -0.463 e. The number of carbonyl (C=O) groups is 1. The minimum absolute atomic E-state index is 0.0258. The first-order chi connectivity index (χ1) is 6.73. The van der Waals surface area contributed by atoms with E-state index in [-0.39, 0.29) is 25.4 Å². The van der Waals surface area contributed by atoms with Crippen LogP contribution in [0.5, 0.6) is 0 Å². The number of halogens is 3. The first-order valence-corrected chi connectivity index (χ1v) is 4.75. The van der Waals surface area contributed by atoms with Crippen LogP contribution in [0.4, 0.5) is 13.2 Å². The van der Waals surface area contributed by atoms with Crippen LogP contribution in [0.25, 0.3) is 0 Å². The van der Waals surface area contributed by atoms with Crippen LogP contribution in [0.15, 0.2) is 0 Å². The van der Waals surface area contributed by atoms with Crippen molar-refractivity contribution in [3.05, 3.63) is 0 Å². The number of carbonyl (C=O) groups excluding carboxylic acids is 1. The summed E-state index contributed by atoms with van der Waals surface area (Å²) in [7, 11) is 0. The summed E-state index contributed by atoms with van der Waals surface area (Å²) in [4.78, 5) is 10.9. The summed E-state index contributed by atoms with van der Waals surface area (Å²) >= 11 is 0. The summed E-state index contributed by atoms with van der Waals surface area (Å²) in [6, 6.07) is -1.86. The molecule has 0 saturated carbocycles. The number of nitrogens with two attached hydrogens (primary N) is 1. The Kier molecular flexibility index (Phi) is 5.64. The Balaban J connectivity index is 3.67. The van der Waals surface area contributed by atoms with Crippen LogP contribution < -0.4 is 5.73 Å². The van der Waals surface area contributed by atoms with Gasteiger partial charge in [0.05, 0.1) is 6.10 Å². The maximum absolute atomic E-state index is 11.9. The molecule has 0 aliphatic rings. The summed E-state index contributed by atoms with van der Waals surface area (Å²) in [5.41, 5.74) is 4.86. The molecule has 0 aromatic carbocycles. The largest absolute Gasteiger partial charge is 0.463 e. The lowest BCUT2D eigenvalue weighted by atomic mass is 10.1. The van der Waals surface area contributed by atoms with Crippen molar-refractivity contribution in [3.8, 4) is 0 Å². The van der Waals surface area contributed by atoms with E-state index < -0.39 is 18.2 Å². The van der Waals surface area contributed by atoms with Crippen LogP contribution in [0.1, 0.15) is 33.1 Å². The van der Waals surface area contributed by atoms with E-state index in [1.807, 2.05) is 0 Å². The van der Waals surface area contributed by atoms with Crippen molar-refractivity contribution in [2.75, 3.05) is 0 Å². The summed E-state index contributed by atoms with van der Waals surface area (Å²) in [5.74, 6) is -0.487. The van der Waals surface area contributed by atoms with Crippen molar-refractivity contribution in [1.29, 1.82) is 0 Å². The lowest BCUT2D eigenvalue weighted by molar-refractivity contribution is -0.153. The quantitative estimate of drug-likeness (QED) is 0.731. The van der Waals surface area contributed by atoms with E-state index in [1.165, 1.54) is 0 Å². The van der Waals surface area contributed by atoms with Gasteiger partial charge in [-0.15, -0.1) is 0 Å². The number of esters is 1. The van der Waals surface area contributed by atoms with E-state index in [9.17, 15) is 18.0 Å². The van der Waals surface area contributed by atoms with E-state index in [0.29, 0.717) is 0 Å². The van der Waals surface area contributed by atoms with Gasteiger partial charge in [-0.2, -0.15) is 13.2 Å². The van der Waals surface area contributed by atoms with Gasteiger partial charge < -0.3 is 10.5 Å². The monoisotopic (exact) mass is 227 g/mol. The topological polar surface area (TPSA) is 52.3 Å². The van der Waals surface area contributed by atoms with Crippen molar-refractivity contribution in [2.24, 2.45) is 5.73 Å². The van der Waals surface area contributed by atoms with Crippen molar-refractivity contribution >= 4 is 5.97 Å². The molecule has 15 heavy (non-hydrogen) atoms. The lowest BCUT2D eigenvalue weighted by Crippen LogP contribution is -2.37. The summed E-state index contributed by atoms with van der Waals surface area (Å²) in [5, 5.41) is 0. The van der Waals surface area contributed by atoms with Gasteiger partial charge in [0, 0.05) is 6.42 Å². The van der Waals surface area contributed by atoms with Gasteiger partial charge >= 0.3 is 12.1 Å². The van der Waals surface area contributed by atoms with Crippen LogP contribution in [0.3, 0.4) is 0 Å². The zero-order chi connectivity index (χ0) is 12.1. The van der Waals surface area contributed by atoms with E-state index in [1.54, 1.807) is 13.8 Å². The van der Waals surface area contributed by atoms with Crippen molar-refractivity contribution in [3.63, 3.8) is 0 Å². The second-order valence-electron chi connectivity index (χ2n) is 3.58. The third-order valence-corrected chi connectivity index (χ3v) is 1.68. The zero-order valence-electron chi connectivity index (χ0n) is 8.80. The zero-order valence-corrected chi connectivity index (χ0v) is 8.80. The molecule has 0 aromatic heterocycles. The molecule has 0 aliphatic carbocycles. The molecule has 0 bridgehead atoms. The molecule has 0 rings (SSSR count). The smallest absolute Gasteiger partial charge is 0.403 e. The van der Waals surface area contributed by atoms with Crippen molar-refractivity contribution in [1.82, 2.24) is 0 Å². The predicted octanol–water partition coefficient (Wildman–Crippen LogP) is 2.00. The Labute approximate surface area is 86.8 Å². The lowest BCUT2D eigenvalue weighted by Gasteiger charge is -2.15. The maximum atomic E-state index is 11.9. The molecular weight excluding hydrogens is 211 g/mol. The summed E-state index contributed by atoms with van der Waals surface area (Å²) < 4.78 is 40.6. The molecule has 1 atom stereocenters. The van der Waals surface area contributed by atoms with Crippen molar-refractivity contribution < 1.29 is 22.7 Å². The molecule has 0 spiro atoms. The summed E-state index contributed by atoms with van der Waals surface area (Å²) in [6.45, 7) is 3.36. The van der Waals surface area contributed by atoms with Crippen molar-refractivity contribution in [2.45, 2.75) is 51.4 Å². The van der Waals surface area contributed by atoms with Crippen LogP contribution in [0, 0.1) is 0 Å². The Morgan fingerprint density at radius 3 is 2.33 bits per heavy atom. The number of rotatable bonds is 5. The van der Waals surface area contributed by atoms with Gasteiger partial charge in [-0.3, -0.25) is 4.79 Å². The molecule has 3 nitrogen and oxygen atoms in total. The van der Waals surface area contributed by atoms with Gasteiger partial charge in [-0.25, -0.2) is 0 Å². The Morgan fingerprint density at radius 1 is 1.40 bits per heavy atom. The highest BCUT2D eigenvalue weighted by Crippen LogP contribution is 2.21. The molecule has 0 radical (unpaired) electrons. The standard InChI is InChI=1S/C9H16F3NO2/c1-6(2)15-8(14)5-3-4-7(13)9(10,11)12/h6-7H,3-5,13H2,1-2H3/t7-/m0/s1. The van der Waals surface area contributed by atoms with Gasteiger partial charge in [0.25, 0.3) is 0 Å². The van der Waals surface area contributed by atoms with Crippen LogP contribution in [0.2, 0.25) is 0 Å². The van der Waals surface area contributed by atoms with Crippen LogP contribution in [-0.4, -0.2) is 24.3 Å². The van der Waals surface area contributed by atoms with Gasteiger partial charge in [0.2, 0.25) is 0 Å². The van der Waals surface area contributed by atoms with Gasteiger partial charge in [-0.05, 0) is 26.7 Å². The van der Waals surface area contributed by atoms with Crippen LogP contribution >= 0.6 is 0 Å². The summed E-state index contributed by atoms with van der Waals surface area (Å²) in [6.07, 6.45) is -4.82. The molecule has 2 N–H and O–H groups in total. The third kappa shape index (κ3) is 7.18. The average molecular weight is 227 g/mol. The highest BCUT2D eigenvalue weighted by Gasteiger charge is 2.35. The highest BCUT2D eigenvalue weighted by molar-refractivity contribution is 5.69. The first kappa shape index (κ1) is 14.2. The van der Waals surface area contributed by atoms with Gasteiger partial charge in [0.15, 0.2) is 0 Å². The fourth-order valence-electron chi connectivity index (χ4n) is 0.952. The van der Waals surface area contributed by atoms with Gasteiger partial charge in [-0.1, -0.05) is 0 Å². The molecule has 0 aromatic rings. The molecule has 0 unspecified atom stereocenters. The fourth-order valence-corrected chi connectivity index (χ4v) is 0.952. The molecule has 6 heteroatoms. The second kappa shape index (κ2) is 5.95. The number of hydrogen-bond donors (Lipinski definition) is 1. The van der Waals surface area contributed by atoms with E-state index in [2.05, 4.69) is 0 Å². The molecule has 0 amide bonds. The van der Waals surface area contributed by atoms with E-state index in [0.717, 1.165) is 0 Å². The molecule has 0 saturated heterocycles. The molecule has 0 fully saturated rings. The number of ether oxygens (including phenoxy) is 1. The Bertz CT molecular complexity index is 204. The first-order valence-electron chi connectivity index (χ1n) is 4.75. The predicted molar refractivity (Wildman–Crippen MR) is 49.1 cm³/mol. The Hall–Kier alpha value is -0.780. The maximum Gasteiger partial charge on any atom is 0.403 e. The molecule has 90 valence electrons.